The maximum absolute atomic E-state index is 10.9. The van der Waals surface area contributed by atoms with Gasteiger partial charge >= 0.3 is 0 Å². The monoisotopic (exact) mass is 170 g/mol. The van der Waals surface area contributed by atoms with E-state index in [1.807, 2.05) is 0 Å². The maximum atomic E-state index is 10.9. The van der Waals surface area contributed by atoms with Crippen LogP contribution >= 0.6 is 0 Å². The molecular formula is C9H18N2O. The van der Waals surface area contributed by atoms with Crippen molar-refractivity contribution in [3.63, 3.8) is 0 Å². The van der Waals surface area contributed by atoms with Crippen LogP contribution in [-0.2, 0) is 4.79 Å². The van der Waals surface area contributed by atoms with Crippen LogP contribution in [0.3, 0.4) is 0 Å². The number of hydrogen-bond acceptors (Lipinski definition) is 2. The van der Waals surface area contributed by atoms with E-state index in [-0.39, 0.29) is 17.5 Å². The van der Waals surface area contributed by atoms with Gasteiger partial charge in [0.15, 0.2) is 0 Å². The van der Waals surface area contributed by atoms with Gasteiger partial charge in [0, 0.05) is 5.54 Å². The minimum atomic E-state index is -0.209. The second-order valence-electron chi connectivity index (χ2n) is 3.63. The topological polar surface area (TPSA) is 55.1 Å². The molecule has 1 fully saturated rings. The quantitative estimate of drug-likeness (QED) is 0.657. The van der Waals surface area contributed by atoms with Crippen molar-refractivity contribution in [2.45, 2.75) is 51.1 Å². The first-order chi connectivity index (χ1) is 5.63. The van der Waals surface area contributed by atoms with Crippen LogP contribution in [0.25, 0.3) is 0 Å². The van der Waals surface area contributed by atoms with Gasteiger partial charge in [-0.05, 0) is 25.7 Å². The Labute approximate surface area is 73.7 Å². The fourth-order valence-electron chi connectivity index (χ4n) is 1.96. The van der Waals surface area contributed by atoms with Crippen LogP contribution in [0.5, 0.6) is 0 Å². The molecule has 0 saturated carbocycles. The van der Waals surface area contributed by atoms with Gasteiger partial charge in [-0.3, -0.25) is 4.79 Å². The number of hydrogen-bond donors (Lipinski definition) is 2. The Morgan fingerprint density at radius 1 is 1.58 bits per heavy atom. The molecule has 1 saturated heterocycles. The maximum Gasteiger partial charge on any atom is 0.234 e. The van der Waals surface area contributed by atoms with Crippen LogP contribution in [0.4, 0.5) is 0 Å². The van der Waals surface area contributed by atoms with E-state index in [9.17, 15) is 4.79 Å². The van der Waals surface area contributed by atoms with E-state index >= 15 is 0 Å². The van der Waals surface area contributed by atoms with Gasteiger partial charge in [0.25, 0.3) is 0 Å². The van der Waals surface area contributed by atoms with E-state index in [0.717, 1.165) is 25.7 Å². The summed E-state index contributed by atoms with van der Waals surface area (Å²) in [5.74, 6) is -0.209. The Kier molecular flexibility index (Phi) is 2.73. The number of nitrogens with one attached hydrogen (secondary N) is 1. The number of primary amides is 1. The van der Waals surface area contributed by atoms with E-state index in [1.165, 1.54) is 0 Å². The van der Waals surface area contributed by atoms with Crippen LogP contribution in [-0.4, -0.2) is 17.5 Å². The molecule has 0 spiro atoms. The molecule has 0 aromatic carbocycles. The lowest BCUT2D eigenvalue weighted by Gasteiger charge is -2.27. The highest BCUT2D eigenvalue weighted by Crippen LogP contribution is 2.29. The summed E-state index contributed by atoms with van der Waals surface area (Å²) >= 11 is 0. The van der Waals surface area contributed by atoms with Crippen LogP contribution in [0.2, 0.25) is 0 Å². The Balaban J connectivity index is 2.58. The van der Waals surface area contributed by atoms with Gasteiger partial charge in [-0.1, -0.05) is 13.8 Å². The Hall–Kier alpha value is -0.570. The standard InChI is InChI=1S/C9H18N2O/c1-3-9(4-2)6-5-7(11-9)8(10)12/h7,11H,3-6H2,1-2H3,(H2,10,12). The van der Waals surface area contributed by atoms with Crippen molar-refractivity contribution in [1.82, 2.24) is 5.32 Å². The highest BCUT2D eigenvalue weighted by molar-refractivity contribution is 5.80. The van der Waals surface area contributed by atoms with Crippen LogP contribution < -0.4 is 11.1 Å². The lowest BCUT2D eigenvalue weighted by molar-refractivity contribution is -0.119. The smallest absolute Gasteiger partial charge is 0.234 e. The number of carbonyl (C=O) groups excluding carboxylic acids is 1. The van der Waals surface area contributed by atoms with Crippen LogP contribution in [0.1, 0.15) is 39.5 Å². The van der Waals surface area contributed by atoms with Crippen LogP contribution in [0.15, 0.2) is 0 Å². The van der Waals surface area contributed by atoms with Gasteiger partial charge in [0.1, 0.15) is 0 Å². The average molecular weight is 170 g/mol. The van der Waals surface area contributed by atoms with Crippen molar-refractivity contribution in [1.29, 1.82) is 0 Å². The van der Waals surface area contributed by atoms with E-state index in [1.54, 1.807) is 0 Å². The van der Waals surface area contributed by atoms with Crippen molar-refractivity contribution in [3.05, 3.63) is 0 Å². The highest BCUT2D eigenvalue weighted by atomic mass is 16.1. The largest absolute Gasteiger partial charge is 0.368 e. The Bertz CT molecular complexity index is 175. The summed E-state index contributed by atoms with van der Waals surface area (Å²) < 4.78 is 0. The summed E-state index contributed by atoms with van der Waals surface area (Å²) in [6.07, 6.45) is 4.13. The third-order valence-electron chi connectivity index (χ3n) is 3.09. The van der Waals surface area contributed by atoms with Crippen LogP contribution in [0, 0.1) is 0 Å². The van der Waals surface area contributed by atoms with Gasteiger partial charge in [-0.15, -0.1) is 0 Å². The van der Waals surface area contributed by atoms with E-state index < -0.39 is 0 Å². The molecule has 3 N–H and O–H groups in total. The van der Waals surface area contributed by atoms with E-state index in [0.29, 0.717) is 0 Å². The Morgan fingerprint density at radius 2 is 2.17 bits per heavy atom. The first kappa shape index (κ1) is 9.52. The van der Waals surface area contributed by atoms with Gasteiger partial charge in [-0.25, -0.2) is 0 Å². The molecule has 12 heavy (non-hydrogen) atoms. The number of rotatable bonds is 3. The van der Waals surface area contributed by atoms with Crippen molar-refractivity contribution < 1.29 is 4.79 Å². The molecule has 0 aromatic rings. The zero-order valence-corrected chi connectivity index (χ0v) is 7.89. The normalized spacial score (nSPS) is 27.3. The summed E-state index contributed by atoms with van der Waals surface area (Å²) in [5, 5.41) is 3.33. The predicted molar refractivity (Wildman–Crippen MR) is 48.7 cm³/mol. The zero-order valence-electron chi connectivity index (χ0n) is 7.89. The fraction of sp³-hybridized carbons (Fsp3) is 0.889. The van der Waals surface area contributed by atoms with Gasteiger partial charge < -0.3 is 11.1 Å². The summed E-state index contributed by atoms with van der Waals surface area (Å²) in [6, 6.07) is -0.0927. The molecule has 1 heterocycles. The molecule has 70 valence electrons. The summed E-state index contributed by atoms with van der Waals surface area (Å²) in [7, 11) is 0. The predicted octanol–water partition coefficient (Wildman–Crippen LogP) is 0.783. The molecule has 1 aliphatic rings. The molecule has 1 rings (SSSR count). The fourth-order valence-corrected chi connectivity index (χ4v) is 1.96. The lowest BCUT2D eigenvalue weighted by Crippen LogP contribution is -2.46. The molecule has 3 heteroatoms. The number of carbonyl (C=O) groups is 1. The third kappa shape index (κ3) is 1.61. The lowest BCUT2D eigenvalue weighted by atomic mass is 9.91. The molecule has 0 bridgehead atoms. The summed E-state index contributed by atoms with van der Waals surface area (Å²) in [5.41, 5.74) is 5.41. The van der Waals surface area contributed by atoms with Crippen molar-refractivity contribution in [3.8, 4) is 0 Å². The zero-order chi connectivity index (χ0) is 9.19. The minimum absolute atomic E-state index is 0.0927. The average Bonchev–Trinajstić information content (AvgIpc) is 2.49. The molecule has 1 aliphatic heterocycles. The van der Waals surface area contributed by atoms with E-state index in [2.05, 4.69) is 19.2 Å². The molecule has 0 aliphatic carbocycles. The SMILES string of the molecule is CCC1(CC)CCC(C(N)=O)N1. The molecule has 1 amide bonds. The molecule has 0 radical (unpaired) electrons. The Morgan fingerprint density at radius 3 is 2.42 bits per heavy atom. The minimum Gasteiger partial charge on any atom is -0.368 e. The number of nitrogens with two attached hydrogens (primary N) is 1. The second-order valence-corrected chi connectivity index (χ2v) is 3.63. The van der Waals surface area contributed by atoms with Crippen molar-refractivity contribution >= 4 is 5.91 Å². The second kappa shape index (κ2) is 3.44. The molecule has 0 aromatic heterocycles. The highest BCUT2D eigenvalue weighted by Gasteiger charge is 2.37. The van der Waals surface area contributed by atoms with Gasteiger partial charge in [0.05, 0.1) is 6.04 Å². The van der Waals surface area contributed by atoms with Crippen molar-refractivity contribution in [2.75, 3.05) is 0 Å². The van der Waals surface area contributed by atoms with E-state index in [4.69, 9.17) is 5.73 Å². The van der Waals surface area contributed by atoms with Gasteiger partial charge in [-0.2, -0.15) is 0 Å². The first-order valence-corrected chi connectivity index (χ1v) is 4.70. The summed E-state index contributed by atoms with van der Waals surface area (Å²) in [6.45, 7) is 4.31. The van der Waals surface area contributed by atoms with Crippen molar-refractivity contribution in [2.24, 2.45) is 5.73 Å². The summed E-state index contributed by atoms with van der Waals surface area (Å²) in [4.78, 5) is 10.9. The van der Waals surface area contributed by atoms with Gasteiger partial charge in [0.2, 0.25) is 5.91 Å². The molecule has 3 nitrogen and oxygen atoms in total. The third-order valence-corrected chi connectivity index (χ3v) is 3.09. The molecule has 1 unspecified atom stereocenters. The first-order valence-electron chi connectivity index (χ1n) is 4.70. The molecule has 1 atom stereocenters. The molecular weight excluding hydrogens is 152 g/mol. The number of amides is 1.